The number of amides is 2. The number of hydrazine groups is 1. The molecule has 0 heterocycles. The highest BCUT2D eigenvalue weighted by atomic mass is 19.2. The first-order chi connectivity index (χ1) is 10.5. The van der Waals surface area contributed by atoms with E-state index in [1.165, 1.54) is 19.2 Å². The number of hydrogen-bond donors (Lipinski definition) is 2. The Morgan fingerprint density at radius 3 is 2.18 bits per heavy atom. The zero-order valence-corrected chi connectivity index (χ0v) is 11.5. The van der Waals surface area contributed by atoms with Crippen molar-refractivity contribution in [2.45, 2.75) is 0 Å². The van der Waals surface area contributed by atoms with Crippen LogP contribution in [0.5, 0.6) is 5.75 Å². The van der Waals surface area contributed by atoms with Crippen LogP contribution in [-0.4, -0.2) is 18.9 Å². The van der Waals surface area contributed by atoms with Crippen LogP contribution in [0.4, 0.5) is 8.78 Å². The average molecular weight is 306 g/mol. The van der Waals surface area contributed by atoms with Crippen molar-refractivity contribution < 1.29 is 23.1 Å². The van der Waals surface area contributed by atoms with Gasteiger partial charge in [-0.1, -0.05) is 18.2 Å². The molecule has 5 nitrogen and oxygen atoms in total. The summed E-state index contributed by atoms with van der Waals surface area (Å²) in [5.41, 5.74) is 3.80. The summed E-state index contributed by atoms with van der Waals surface area (Å²) in [5, 5.41) is 0. The Kier molecular flexibility index (Phi) is 4.67. The van der Waals surface area contributed by atoms with E-state index in [-0.39, 0.29) is 5.56 Å². The molecule has 2 amide bonds. The Labute approximate surface area is 124 Å². The van der Waals surface area contributed by atoms with Crippen LogP contribution in [0.3, 0.4) is 0 Å². The molecule has 2 aromatic carbocycles. The monoisotopic (exact) mass is 306 g/mol. The number of carbonyl (C=O) groups excluding carboxylic acids is 2. The maximum Gasteiger partial charge on any atom is 0.273 e. The van der Waals surface area contributed by atoms with Crippen LogP contribution in [0.25, 0.3) is 0 Å². The van der Waals surface area contributed by atoms with Crippen LogP contribution in [0.15, 0.2) is 42.5 Å². The molecule has 0 aromatic heterocycles. The lowest BCUT2D eigenvalue weighted by molar-refractivity contribution is 0.0842. The summed E-state index contributed by atoms with van der Waals surface area (Å²) in [7, 11) is 1.40. The number of ether oxygens (including phenoxy) is 1. The topological polar surface area (TPSA) is 67.4 Å². The molecular formula is C15H12F2N2O3. The summed E-state index contributed by atoms with van der Waals surface area (Å²) >= 11 is 0. The third-order valence-electron chi connectivity index (χ3n) is 2.84. The van der Waals surface area contributed by atoms with Gasteiger partial charge in [-0.15, -0.1) is 0 Å². The molecule has 2 N–H and O–H groups in total. The number of halogens is 2. The third-order valence-corrected chi connectivity index (χ3v) is 2.84. The number of benzene rings is 2. The molecule has 0 radical (unpaired) electrons. The van der Waals surface area contributed by atoms with E-state index in [0.717, 1.165) is 12.1 Å². The van der Waals surface area contributed by atoms with Gasteiger partial charge in [-0.05, 0) is 24.3 Å². The molecule has 0 unspecified atom stereocenters. The smallest absolute Gasteiger partial charge is 0.273 e. The molecule has 7 heteroatoms. The van der Waals surface area contributed by atoms with Gasteiger partial charge in [0.2, 0.25) is 0 Å². The molecule has 0 aliphatic heterocycles. The predicted molar refractivity (Wildman–Crippen MR) is 74.3 cm³/mol. The molecule has 0 aliphatic rings. The third kappa shape index (κ3) is 3.20. The summed E-state index contributed by atoms with van der Waals surface area (Å²) in [5.74, 6) is -3.75. The highest BCUT2D eigenvalue weighted by Gasteiger charge is 2.17. The number of rotatable bonds is 3. The zero-order valence-electron chi connectivity index (χ0n) is 11.5. The van der Waals surface area contributed by atoms with Crippen LogP contribution < -0.4 is 15.6 Å². The van der Waals surface area contributed by atoms with E-state index >= 15 is 0 Å². The average Bonchev–Trinajstić information content (AvgIpc) is 2.54. The normalized spacial score (nSPS) is 9.95. The van der Waals surface area contributed by atoms with Crippen molar-refractivity contribution in [3.05, 3.63) is 65.2 Å². The molecule has 0 spiro atoms. The molecule has 22 heavy (non-hydrogen) atoms. The predicted octanol–water partition coefficient (Wildman–Crippen LogP) is 2.05. The minimum absolute atomic E-state index is 0.185. The standard InChI is InChI=1S/C15H12F2N2O3/c1-22-12-8-3-2-5-9(12)14(20)18-19-15(21)10-6-4-7-11(16)13(10)17/h2-8H,1H3,(H,18,20)(H,19,21). The number of para-hydroxylation sites is 1. The first-order valence-electron chi connectivity index (χ1n) is 6.22. The van der Waals surface area contributed by atoms with Gasteiger partial charge >= 0.3 is 0 Å². The minimum atomic E-state index is -1.29. The van der Waals surface area contributed by atoms with Crippen molar-refractivity contribution in [2.24, 2.45) is 0 Å². The Morgan fingerprint density at radius 2 is 1.50 bits per heavy atom. The van der Waals surface area contributed by atoms with Crippen molar-refractivity contribution in [3.8, 4) is 5.75 Å². The van der Waals surface area contributed by atoms with Gasteiger partial charge in [-0.25, -0.2) is 8.78 Å². The molecule has 0 bridgehead atoms. The van der Waals surface area contributed by atoms with Gasteiger partial charge in [0.05, 0.1) is 18.2 Å². The second-order valence-corrected chi connectivity index (χ2v) is 4.21. The highest BCUT2D eigenvalue weighted by molar-refractivity contribution is 6.00. The molecule has 0 fully saturated rings. The second kappa shape index (κ2) is 6.66. The SMILES string of the molecule is COc1ccccc1C(=O)NNC(=O)c1cccc(F)c1F. The van der Waals surface area contributed by atoms with Gasteiger partial charge in [0.1, 0.15) is 5.75 Å². The van der Waals surface area contributed by atoms with Crippen molar-refractivity contribution in [1.82, 2.24) is 10.9 Å². The molecule has 0 aliphatic carbocycles. The van der Waals surface area contributed by atoms with E-state index in [9.17, 15) is 18.4 Å². The Bertz CT molecular complexity index is 720. The quantitative estimate of drug-likeness (QED) is 0.853. The van der Waals surface area contributed by atoms with E-state index < -0.39 is 29.0 Å². The van der Waals surface area contributed by atoms with Gasteiger partial charge in [0, 0.05) is 0 Å². The Hall–Kier alpha value is -2.96. The van der Waals surface area contributed by atoms with E-state index in [4.69, 9.17) is 4.74 Å². The van der Waals surface area contributed by atoms with Crippen LogP contribution >= 0.6 is 0 Å². The van der Waals surface area contributed by atoms with Gasteiger partial charge in [0.15, 0.2) is 11.6 Å². The first kappa shape index (κ1) is 15.4. The van der Waals surface area contributed by atoms with Gasteiger partial charge in [-0.2, -0.15) is 0 Å². The molecular weight excluding hydrogens is 294 g/mol. The van der Waals surface area contributed by atoms with Crippen LogP contribution in [0, 0.1) is 11.6 Å². The summed E-state index contributed by atoms with van der Waals surface area (Å²) in [6, 6.07) is 9.53. The minimum Gasteiger partial charge on any atom is -0.496 e. The number of carbonyl (C=O) groups is 2. The maximum absolute atomic E-state index is 13.4. The van der Waals surface area contributed by atoms with E-state index in [2.05, 4.69) is 5.43 Å². The fraction of sp³-hybridized carbons (Fsp3) is 0.0667. The summed E-state index contributed by atoms with van der Waals surface area (Å²) in [6.07, 6.45) is 0. The highest BCUT2D eigenvalue weighted by Crippen LogP contribution is 2.16. The molecule has 0 saturated carbocycles. The van der Waals surface area contributed by atoms with E-state index in [0.29, 0.717) is 5.75 Å². The molecule has 114 valence electrons. The largest absolute Gasteiger partial charge is 0.496 e. The Morgan fingerprint density at radius 1 is 0.909 bits per heavy atom. The fourth-order valence-corrected chi connectivity index (χ4v) is 1.76. The van der Waals surface area contributed by atoms with Crippen molar-refractivity contribution in [3.63, 3.8) is 0 Å². The van der Waals surface area contributed by atoms with E-state index in [1.807, 2.05) is 5.43 Å². The van der Waals surface area contributed by atoms with Crippen LogP contribution in [0.2, 0.25) is 0 Å². The summed E-state index contributed by atoms with van der Waals surface area (Å²) in [6.45, 7) is 0. The first-order valence-corrected chi connectivity index (χ1v) is 6.22. The lowest BCUT2D eigenvalue weighted by atomic mass is 10.2. The summed E-state index contributed by atoms with van der Waals surface area (Å²) < 4.78 is 31.5. The zero-order chi connectivity index (χ0) is 16.1. The molecule has 2 rings (SSSR count). The van der Waals surface area contributed by atoms with Gasteiger partial charge in [0.25, 0.3) is 11.8 Å². The maximum atomic E-state index is 13.4. The van der Waals surface area contributed by atoms with Crippen LogP contribution in [0.1, 0.15) is 20.7 Å². The van der Waals surface area contributed by atoms with Gasteiger partial charge in [-0.3, -0.25) is 20.4 Å². The lowest BCUT2D eigenvalue weighted by Gasteiger charge is -2.10. The number of nitrogens with one attached hydrogen (secondary N) is 2. The lowest BCUT2D eigenvalue weighted by Crippen LogP contribution is -2.42. The molecule has 0 saturated heterocycles. The Balaban J connectivity index is 2.08. The molecule has 0 atom stereocenters. The van der Waals surface area contributed by atoms with Crippen molar-refractivity contribution in [1.29, 1.82) is 0 Å². The van der Waals surface area contributed by atoms with Crippen molar-refractivity contribution in [2.75, 3.05) is 7.11 Å². The van der Waals surface area contributed by atoms with Crippen LogP contribution in [-0.2, 0) is 0 Å². The second-order valence-electron chi connectivity index (χ2n) is 4.21. The number of hydrogen-bond acceptors (Lipinski definition) is 3. The van der Waals surface area contributed by atoms with Crippen molar-refractivity contribution >= 4 is 11.8 Å². The number of methoxy groups -OCH3 is 1. The fourth-order valence-electron chi connectivity index (χ4n) is 1.76. The molecule has 2 aromatic rings. The summed E-state index contributed by atoms with van der Waals surface area (Å²) in [4.78, 5) is 23.7. The van der Waals surface area contributed by atoms with E-state index in [1.54, 1.807) is 18.2 Å². The van der Waals surface area contributed by atoms with Gasteiger partial charge < -0.3 is 4.74 Å².